The summed E-state index contributed by atoms with van der Waals surface area (Å²) in [6, 6.07) is 4.20. The second-order valence-corrected chi connectivity index (χ2v) is 9.67. The normalized spacial score (nSPS) is 35.4. The number of hydrogen-bond donors (Lipinski definition) is 3. The van der Waals surface area contributed by atoms with E-state index in [2.05, 4.69) is 15.3 Å². The zero-order chi connectivity index (χ0) is 25.1. The van der Waals surface area contributed by atoms with Crippen LogP contribution in [0.25, 0.3) is 5.57 Å². The van der Waals surface area contributed by atoms with Crippen LogP contribution in [0.2, 0.25) is 0 Å². The molecular weight excluding hydrogens is 450 g/mol. The highest BCUT2D eigenvalue weighted by atomic mass is 19.1. The second-order valence-electron chi connectivity index (χ2n) is 9.67. The first-order valence-electron chi connectivity index (χ1n) is 12.1. The number of benzene rings is 1. The van der Waals surface area contributed by atoms with Crippen molar-refractivity contribution in [2.45, 2.75) is 64.0 Å². The number of halogens is 2. The number of aliphatic hydroxyl groups excluding tert-OH is 1. The number of allylic oxidation sites excluding steroid dienone is 5. The lowest BCUT2D eigenvalue weighted by atomic mass is 9.88. The van der Waals surface area contributed by atoms with Crippen molar-refractivity contribution in [3.05, 3.63) is 65.1 Å². The Bertz CT molecular complexity index is 1120. The van der Waals surface area contributed by atoms with Gasteiger partial charge in [-0.05, 0) is 86.1 Å². The number of hydrogen-bond acceptors (Lipinski definition) is 5. The lowest BCUT2D eigenvalue weighted by Crippen LogP contribution is -2.41. The number of aliphatic hydroxyl groups is 1. The van der Waals surface area contributed by atoms with Crippen molar-refractivity contribution in [3.8, 4) is 0 Å². The molecule has 3 heterocycles. The van der Waals surface area contributed by atoms with Crippen molar-refractivity contribution in [3.63, 3.8) is 0 Å². The van der Waals surface area contributed by atoms with E-state index >= 15 is 4.39 Å². The van der Waals surface area contributed by atoms with E-state index in [0.29, 0.717) is 24.1 Å². The van der Waals surface area contributed by atoms with E-state index in [4.69, 9.17) is 5.73 Å². The minimum absolute atomic E-state index is 0.0543. The lowest BCUT2D eigenvalue weighted by Gasteiger charge is -2.25. The maximum Gasteiger partial charge on any atom is 0.222 e. The first-order chi connectivity index (χ1) is 16.7. The van der Waals surface area contributed by atoms with Gasteiger partial charge in [0, 0.05) is 18.7 Å². The van der Waals surface area contributed by atoms with Gasteiger partial charge in [0.05, 0.1) is 23.4 Å². The Morgan fingerprint density at radius 1 is 1.29 bits per heavy atom. The number of alkyl halides is 1. The molecule has 1 aromatic carbocycles. The van der Waals surface area contributed by atoms with E-state index in [0.717, 1.165) is 17.6 Å². The summed E-state index contributed by atoms with van der Waals surface area (Å²) < 4.78 is 29.6. The molecular formula is C27H32F2N4O2. The van der Waals surface area contributed by atoms with Gasteiger partial charge in [0.25, 0.3) is 0 Å². The maximum absolute atomic E-state index is 15.0. The summed E-state index contributed by atoms with van der Waals surface area (Å²) in [5, 5.41) is 13.7. The van der Waals surface area contributed by atoms with Crippen LogP contribution >= 0.6 is 0 Å². The third-order valence-corrected chi connectivity index (χ3v) is 6.98. The second kappa shape index (κ2) is 10.7. The number of primary amides is 1. The minimum Gasteiger partial charge on any atom is -0.378 e. The van der Waals surface area contributed by atoms with E-state index in [-0.39, 0.29) is 24.1 Å². The van der Waals surface area contributed by atoms with Crippen molar-refractivity contribution in [2.24, 2.45) is 27.6 Å². The van der Waals surface area contributed by atoms with Crippen molar-refractivity contribution in [2.75, 3.05) is 0 Å². The van der Waals surface area contributed by atoms with Gasteiger partial charge in [-0.3, -0.25) is 20.1 Å². The highest BCUT2D eigenvalue weighted by Crippen LogP contribution is 2.37. The molecule has 6 atom stereocenters. The van der Waals surface area contributed by atoms with Gasteiger partial charge in [-0.15, -0.1) is 0 Å². The number of carbonyl (C=O) groups is 1. The summed E-state index contributed by atoms with van der Waals surface area (Å²) >= 11 is 0. The Morgan fingerprint density at radius 3 is 2.86 bits per heavy atom. The molecule has 3 aliphatic heterocycles. The van der Waals surface area contributed by atoms with Crippen molar-refractivity contribution in [1.82, 2.24) is 5.32 Å². The molecule has 0 spiro atoms. The van der Waals surface area contributed by atoms with Crippen LogP contribution in [0.1, 0.15) is 44.2 Å². The molecule has 1 saturated carbocycles. The number of aliphatic imine (C=N–C) groups is 2. The fraction of sp³-hybridized carbons (Fsp3) is 0.444. The zero-order valence-electron chi connectivity index (χ0n) is 20.0. The van der Waals surface area contributed by atoms with Gasteiger partial charge in [-0.2, -0.15) is 0 Å². The number of rotatable bonds is 1. The van der Waals surface area contributed by atoms with Crippen LogP contribution in [0.3, 0.4) is 0 Å². The largest absolute Gasteiger partial charge is 0.378 e. The average molecular weight is 483 g/mol. The Kier molecular flexibility index (Phi) is 7.72. The van der Waals surface area contributed by atoms with Gasteiger partial charge < -0.3 is 10.8 Å². The van der Waals surface area contributed by atoms with Crippen molar-refractivity contribution in [1.29, 1.82) is 0 Å². The summed E-state index contributed by atoms with van der Waals surface area (Å²) in [6.45, 7) is 3.79. The number of carbonyl (C=O) groups excluding carboxylic acids is 1. The van der Waals surface area contributed by atoms with Crippen LogP contribution in [0, 0.1) is 17.7 Å². The molecule has 4 aliphatic rings. The Morgan fingerprint density at radius 2 is 2.09 bits per heavy atom. The first kappa shape index (κ1) is 25.1. The average Bonchev–Trinajstić information content (AvgIpc) is 3.18. The summed E-state index contributed by atoms with van der Waals surface area (Å²) in [7, 11) is 0. The number of amides is 1. The molecule has 6 bridgehead atoms. The number of nitrogens with two attached hydrogens (primary N) is 1. The van der Waals surface area contributed by atoms with Gasteiger partial charge in [-0.1, -0.05) is 12.1 Å². The highest BCUT2D eigenvalue weighted by Gasteiger charge is 2.40. The van der Waals surface area contributed by atoms with Crippen molar-refractivity contribution < 1.29 is 18.7 Å². The molecule has 5 rings (SSSR count). The highest BCUT2D eigenvalue weighted by molar-refractivity contribution is 6.09. The standard InChI is InChI=1S/C27H32F2N4O2/c1-15-10-20-4-3-5-23(22(29)14-31-20)33-24-9-7-18(26(24)27(30)35)11-16(2)32-25(34)13-19-12-17(15)6-8-21(19)28/h3-6,8,10,12,14,16,18,22,24-26,32,34H,7,9,11,13H2,1-2H3,(H2,30,35)/b5-3-,15-10-,20-4-,31-14?,33-23?. The molecule has 0 aromatic heterocycles. The van der Waals surface area contributed by atoms with Crippen LogP contribution in [-0.4, -0.2) is 47.4 Å². The Labute approximate surface area is 204 Å². The van der Waals surface area contributed by atoms with Crippen molar-refractivity contribution >= 4 is 23.4 Å². The molecule has 1 aromatic rings. The number of nitrogens with one attached hydrogen (secondary N) is 1. The van der Waals surface area contributed by atoms with E-state index in [9.17, 15) is 14.3 Å². The fourth-order valence-corrected chi connectivity index (χ4v) is 5.29. The summed E-state index contributed by atoms with van der Waals surface area (Å²) in [4.78, 5) is 21.2. The predicted molar refractivity (Wildman–Crippen MR) is 134 cm³/mol. The molecule has 1 aliphatic carbocycles. The molecule has 1 fully saturated rings. The number of fused-ring (bicyclic) bond motifs is 6. The van der Waals surface area contributed by atoms with E-state index < -0.39 is 36.1 Å². The monoisotopic (exact) mass is 482 g/mol. The molecule has 1 amide bonds. The topological polar surface area (TPSA) is 100 Å². The summed E-state index contributed by atoms with van der Waals surface area (Å²) in [5.41, 5.74) is 8.49. The molecule has 8 heteroatoms. The Balaban J connectivity index is 1.76. The van der Waals surface area contributed by atoms with Crippen LogP contribution in [0.15, 0.2) is 58.2 Å². The maximum atomic E-state index is 15.0. The molecule has 6 unspecified atom stereocenters. The summed E-state index contributed by atoms with van der Waals surface area (Å²) in [6.07, 6.45) is 7.57. The van der Waals surface area contributed by atoms with Crippen LogP contribution in [0.5, 0.6) is 0 Å². The lowest BCUT2D eigenvalue weighted by molar-refractivity contribution is -0.123. The van der Waals surface area contributed by atoms with E-state index in [1.165, 1.54) is 12.3 Å². The van der Waals surface area contributed by atoms with Crippen LogP contribution in [0.4, 0.5) is 8.78 Å². The van der Waals surface area contributed by atoms with Gasteiger partial charge in [0.1, 0.15) is 12.0 Å². The first-order valence-corrected chi connectivity index (χ1v) is 12.1. The predicted octanol–water partition coefficient (Wildman–Crippen LogP) is 3.66. The van der Waals surface area contributed by atoms with Gasteiger partial charge in [0.2, 0.25) is 5.91 Å². The molecule has 0 saturated heterocycles. The fourth-order valence-electron chi connectivity index (χ4n) is 5.29. The smallest absolute Gasteiger partial charge is 0.222 e. The number of nitrogens with zero attached hydrogens (tertiary/aromatic N) is 2. The quantitative estimate of drug-likeness (QED) is 0.570. The molecule has 0 radical (unpaired) electrons. The van der Waals surface area contributed by atoms with Gasteiger partial charge in [0.15, 0.2) is 6.17 Å². The summed E-state index contributed by atoms with van der Waals surface area (Å²) in [5.74, 6) is -1.44. The minimum atomic E-state index is -1.52. The van der Waals surface area contributed by atoms with E-state index in [1.54, 1.807) is 36.4 Å². The Hall–Kier alpha value is -2.97. The SMILES string of the molecule is C/C1=C/C2=C/C=C\C(=NC3CCC(CC(C)NC(O)Cc4cc1ccc4F)C3C(N)=O)C(F)C=N2. The third kappa shape index (κ3) is 6.00. The van der Waals surface area contributed by atoms with E-state index in [1.807, 2.05) is 13.8 Å². The van der Waals surface area contributed by atoms with Gasteiger partial charge in [-0.25, -0.2) is 8.78 Å². The van der Waals surface area contributed by atoms with Crippen LogP contribution in [-0.2, 0) is 11.2 Å². The molecule has 35 heavy (non-hydrogen) atoms. The molecule has 4 N–H and O–H groups in total. The van der Waals surface area contributed by atoms with Crippen LogP contribution < -0.4 is 11.1 Å². The third-order valence-electron chi connectivity index (χ3n) is 6.98. The zero-order valence-corrected chi connectivity index (χ0v) is 20.0. The van der Waals surface area contributed by atoms with Gasteiger partial charge >= 0.3 is 0 Å². The molecule has 186 valence electrons. The molecule has 6 nitrogen and oxygen atoms in total.